The lowest BCUT2D eigenvalue weighted by Crippen LogP contribution is -2.34. The predicted octanol–water partition coefficient (Wildman–Crippen LogP) is 5.78. The standard InChI is InChI=1S/C28H21ClFN3O3/c1-17(14-25(34)32-18-8-3-2-4-9-18)28(12-7-13-31-28)21-15-24(23(30)16-22(21)29)33-26(35)19-10-5-6-11-20(19)27(33)36/h2-13,15-17H,14H2,1H3,(H,32,34). The molecule has 3 aromatic rings. The molecule has 3 aromatic carbocycles. The lowest BCUT2D eigenvalue weighted by Gasteiger charge is -2.33. The number of amides is 3. The van der Waals surface area contributed by atoms with E-state index in [2.05, 4.69) is 10.3 Å². The summed E-state index contributed by atoms with van der Waals surface area (Å²) in [5, 5.41) is 2.94. The third-order valence-electron chi connectivity index (χ3n) is 6.53. The first kappa shape index (κ1) is 23.6. The molecule has 8 heteroatoms. The van der Waals surface area contributed by atoms with Crippen LogP contribution in [0.25, 0.3) is 0 Å². The number of benzene rings is 3. The number of fused-ring (bicyclic) bond motifs is 1. The third kappa shape index (κ3) is 3.91. The minimum absolute atomic E-state index is 0.0758. The number of imide groups is 1. The Kier molecular flexibility index (Phi) is 6.02. The van der Waals surface area contributed by atoms with E-state index in [1.165, 1.54) is 18.2 Å². The van der Waals surface area contributed by atoms with E-state index >= 15 is 4.39 Å². The number of nitrogens with one attached hydrogen (secondary N) is 1. The highest BCUT2D eigenvalue weighted by Gasteiger charge is 2.42. The van der Waals surface area contributed by atoms with Gasteiger partial charge in [-0.3, -0.25) is 19.4 Å². The maximum atomic E-state index is 15.2. The van der Waals surface area contributed by atoms with E-state index in [-0.39, 0.29) is 34.2 Å². The number of nitrogens with zero attached hydrogens (tertiary/aromatic N) is 2. The van der Waals surface area contributed by atoms with Gasteiger partial charge in [0.25, 0.3) is 11.8 Å². The number of carbonyl (C=O) groups is 3. The third-order valence-corrected chi connectivity index (χ3v) is 6.84. The zero-order valence-electron chi connectivity index (χ0n) is 19.2. The van der Waals surface area contributed by atoms with Gasteiger partial charge in [-0.05, 0) is 48.4 Å². The van der Waals surface area contributed by atoms with Crippen molar-refractivity contribution in [2.75, 3.05) is 10.2 Å². The SMILES string of the molecule is CC(CC(=O)Nc1ccccc1)C1(c2cc(N3C(=O)c4ccccc4C3=O)c(F)cc2Cl)C=CC=N1. The Hall–Kier alpha value is -4.10. The Morgan fingerprint density at radius 2 is 1.69 bits per heavy atom. The van der Waals surface area contributed by atoms with Crippen LogP contribution in [-0.4, -0.2) is 23.9 Å². The molecule has 36 heavy (non-hydrogen) atoms. The van der Waals surface area contributed by atoms with Crippen molar-refractivity contribution in [1.29, 1.82) is 0 Å². The average Bonchev–Trinajstić information content (AvgIpc) is 3.45. The molecule has 2 unspecified atom stereocenters. The molecule has 180 valence electrons. The largest absolute Gasteiger partial charge is 0.326 e. The molecule has 0 fully saturated rings. The van der Waals surface area contributed by atoms with Crippen LogP contribution in [0.4, 0.5) is 15.8 Å². The van der Waals surface area contributed by atoms with Crippen molar-refractivity contribution < 1.29 is 18.8 Å². The predicted molar refractivity (Wildman–Crippen MR) is 137 cm³/mol. The molecule has 1 N–H and O–H groups in total. The van der Waals surface area contributed by atoms with E-state index in [0.29, 0.717) is 11.3 Å². The Morgan fingerprint density at radius 1 is 1.06 bits per heavy atom. The number of rotatable bonds is 6. The van der Waals surface area contributed by atoms with Gasteiger partial charge in [-0.2, -0.15) is 0 Å². The highest BCUT2D eigenvalue weighted by atomic mass is 35.5. The van der Waals surface area contributed by atoms with Crippen LogP contribution in [0.5, 0.6) is 0 Å². The summed E-state index contributed by atoms with van der Waals surface area (Å²) in [6.45, 7) is 1.85. The summed E-state index contributed by atoms with van der Waals surface area (Å²) in [6.07, 6.45) is 5.20. The van der Waals surface area contributed by atoms with Crippen molar-refractivity contribution in [2.24, 2.45) is 10.9 Å². The van der Waals surface area contributed by atoms with E-state index in [4.69, 9.17) is 11.6 Å². The maximum Gasteiger partial charge on any atom is 0.266 e. The van der Waals surface area contributed by atoms with Crippen LogP contribution in [0.2, 0.25) is 5.02 Å². The van der Waals surface area contributed by atoms with Gasteiger partial charge in [-0.25, -0.2) is 9.29 Å². The summed E-state index contributed by atoms with van der Waals surface area (Å²) in [6, 6.07) is 17.9. The molecule has 2 aliphatic rings. The molecular formula is C28H21ClFN3O3. The van der Waals surface area contributed by atoms with Gasteiger partial charge in [0.15, 0.2) is 0 Å². The summed E-state index contributed by atoms with van der Waals surface area (Å²) >= 11 is 6.51. The minimum Gasteiger partial charge on any atom is -0.326 e. The summed E-state index contributed by atoms with van der Waals surface area (Å²) in [5.74, 6) is -2.65. The van der Waals surface area contributed by atoms with E-state index in [0.717, 1.165) is 11.0 Å². The van der Waals surface area contributed by atoms with Gasteiger partial charge < -0.3 is 5.32 Å². The highest BCUT2D eigenvalue weighted by Crippen LogP contribution is 2.45. The summed E-state index contributed by atoms with van der Waals surface area (Å²) < 4.78 is 15.2. The van der Waals surface area contributed by atoms with Crippen LogP contribution in [0.15, 0.2) is 83.9 Å². The number of para-hydroxylation sites is 1. The van der Waals surface area contributed by atoms with Gasteiger partial charge in [0, 0.05) is 28.9 Å². The second kappa shape index (κ2) is 9.17. The first-order valence-corrected chi connectivity index (χ1v) is 11.7. The monoisotopic (exact) mass is 501 g/mol. The summed E-state index contributed by atoms with van der Waals surface area (Å²) in [4.78, 5) is 44.3. The first-order chi connectivity index (χ1) is 17.3. The molecule has 0 bridgehead atoms. The van der Waals surface area contributed by atoms with Crippen LogP contribution in [0.1, 0.15) is 39.6 Å². The van der Waals surface area contributed by atoms with Crippen LogP contribution in [0, 0.1) is 11.7 Å². The Balaban J connectivity index is 1.51. The molecule has 2 heterocycles. The van der Waals surface area contributed by atoms with Crippen molar-refractivity contribution >= 4 is 46.9 Å². The summed E-state index contributed by atoms with van der Waals surface area (Å²) in [5.41, 5.74) is 0.169. The molecule has 2 aliphatic heterocycles. The van der Waals surface area contributed by atoms with Gasteiger partial charge in [0.2, 0.25) is 5.91 Å². The van der Waals surface area contributed by atoms with Crippen LogP contribution < -0.4 is 10.2 Å². The van der Waals surface area contributed by atoms with Crippen molar-refractivity contribution in [3.05, 3.63) is 106 Å². The van der Waals surface area contributed by atoms with E-state index in [1.807, 2.05) is 25.1 Å². The second-order valence-corrected chi connectivity index (χ2v) is 9.16. The minimum atomic E-state index is -1.09. The average molecular weight is 502 g/mol. The molecule has 2 atom stereocenters. The number of hydrogen-bond donors (Lipinski definition) is 1. The first-order valence-electron chi connectivity index (χ1n) is 11.4. The van der Waals surface area contributed by atoms with E-state index < -0.39 is 29.1 Å². The fourth-order valence-electron chi connectivity index (χ4n) is 4.71. The molecule has 0 aliphatic carbocycles. The van der Waals surface area contributed by atoms with Crippen molar-refractivity contribution in [3.8, 4) is 0 Å². The normalized spacial score (nSPS) is 19.0. The molecule has 0 saturated carbocycles. The zero-order chi connectivity index (χ0) is 25.4. The number of hydrogen-bond acceptors (Lipinski definition) is 4. The Morgan fingerprint density at radius 3 is 2.31 bits per heavy atom. The zero-order valence-corrected chi connectivity index (χ0v) is 20.0. The molecule has 0 saturated heterocycles. The number of anilines is 2. The lowest BCUT2D eigenvalue weighted by atomic mass is 9.77. The molecule has 0 radical (unpaired) electrons. The second-order valence-electron chi connectivity index (χ2n) is 8.76. The van der Waals surface area contributed by atoms with E-state index in [9.17, 15) is 14.4 Å². The van der Waals surface area contributed by atoms with Crippen LogP contribution in [-0.2, 0) is 10.3 Å². The smallest absolute Gasteiger partial charge is 0.266 e. The molecule has 0 spiro atoms. The molecule has 5 rings (SSSR count). The van der Waals surface area contributed by atoms with Gasteiger partial charge in [0.05, 0.1) is 16.8 Å². The van der Waals surface area contributed by atoms with Gasteiger partial charge in [-0.15, -0.1) is 0 Å². The quantitative estimate of drug-likeness (QED) is 0.435. The number of aliphatic imine (C=N–C) groups is 1. The van der Waals surface area contributed by atoms with Crippen LogP contribution >= 0.6 is 11.6 Å². The lowest BCUT2D eigenvalue weighted by molar-refractivity contribution is -0.117. The van der Waals surface area contributed by atoms with Gasteiger partial charge in [-0.1, -0.05) is 54.9 Å². The summed E-state index contributed by atoms with van der Waals surface area (Å²) in [7, 11) is 0. The van der Waals surface area contributed by atoms with Crippen molar-refractivity contribution in [2.45, 2.75) is 18.9 Å². The van der Waals surface area contributed by atoms with E-state index in [1.54, 1.807) is 42.6 Å². The van der Waals surface area contributed by atoms with Gasteiger partial charge >= 0.3 is 0 Å². The van der Waals surface area contributed by atoms with Crippen molar-refractivity contribution in [1.82, 2.24) is 0 Å². The molecule has 3 amide bonds. The fraction of sp³-hybridized carbons (Fsp3) is 0.143. The Bertz CT molecular complexity index is 1400. The number of carbonyl (C=O) groups excluding carboxylic acids is 3. The molecular weight excluding hydrogens is 481 g/mol. The topological polar surface area (TPSA) is 78.8 Å². The van der Waals surface area contributed by atoms with Crippen LogP contribution in [0.3, 0.4) is 0 Å². The van der Waals surface area contributed by atoms with Gasteiger partial charge in [0.1, 0.15) is 11.4 Å². The Labute approximate surface area is 212 Å². The van der Waals surface area contributed by atoms with Crippen molar-refractivity contribution in [3.63, 3.8) is 0 Å². The fourth-order valence-corrected chi connectivity index (χ4v) is 5.01. The number of halogens is 2. The molecule has 0 aromatic heterocycles. The number of allylic oxidation sites excluding steroid dienone is 1. The highest BCUT2D eigenvalue weighted by molar-refractivity contribution is 6.35. The molecule has 6 nitrogen and oxygen atoms in total. The maximum absolute atomic E-state index is 15.2.